The molecule has 0 aliphatic carbocycles. The molecule has 0 aromatic carbocycles. The average Bonchev–Trinajstić information content (AvgIpc) is 2.23. The lowest BCUT2D eigenvalue weighted by Gasteiger charge is -2.16. The monoisotopic (exact) mass is 242 g/mol. The summed E-state index contributed by atoms with van der Waals surface area (Å²) in [6.07, 6.45) is 4.64. The first-order valence-electron chi connectivity index (χ1n) is 5.84. The molecule has 0 fully saturated rings. The second-order valence-corrected chi connectivity index (χ2v) is 4.18. The molecule has 0 aromatic heterocycles. The highest BCUT2D eigenvalue weighted by molar-refractivity contribution is 5.75. The normalized spacial score (nSPS) is 12.7. The molecule has 98 valence electrons. The highest BCUT2D eigenvalue weighted by atomic mass is 16.4. The van der Waals surface area contributed by atoms with Crippen LogP contribution in [0.3, 0.4) is 0 Å². The van der Waals surface area contributed by atoms with Crippen molar-refractivity contribution in [2.45, 2.75) is 27.2 Å². The molecular formula is C12H22N2O3. The van der Waals surface area contributed by atoms with Crippen LogP contribution in [-0.4, -0.2) is 30.2 Å². The van der Waals surface area contributed by atoms with Crippen molar-refractivity contribution >= 4 is 12.0 Å². The van der Waals surface area contributed by atoms with Gasteiger partial charge in [-0.15, -0.1) is 0 Å². The third-order valence-corrected chi connectivity index (χ3v) is 2.44. The standard InChI is InChI=1S/C12H22N2O3/c1-4-5-6-7-13-12(17)14-8-10(9(2)3)11(15)16/h4-5,9-10H,6-8H2,1-3H3,(H,15,16)(H2,13,14,17)/b5-4+. The van der Waals surface area contributed by atoms with E-state index < -0.39 is 11.9 Å². The Kier molecular flexibility index (Phi) is 7.84. The molecule has 0 heterocycles. The van der Waals surface area contributed by atoms with Crippen LogP contribution in [-0.2, 0) is 4.79 Å². The van der Waals surface area contributed by atoms with E-state index >= 15 is 0 Å². The predicted octanol–water partition coefficient (Wildman–Crippen LogP) is 1.61. The lowest BCUT2D eigenvalue weighted by Crippen LogP contribution is -2.41. The molecule has 0 rings (SSSR count). The minimum atomic E-state index is -0.880. The van der Waals surface area contributed by atoms with E-state index in [4.69, 9.17) is 5.11 Å². The van der Waals surface area contributed by atoms with Crippen molar-refractivity contribution in [3.8, 4) is 0 Å². The number of aliphatic carboxylic acids is 1. The van der Waals surface area contributed by atoms with E-state index in [1.807, 2.05) is 32.9 Å². The number of carbonyl (C=O) groups excluding carboxylic acids is 1. The van der Waals surface area contributed by atoms with Crippen LogP contribution in [0.5, 0.6) is 0 Å². The summed E-state index contributed by atoms with van der Waals surface area (Å²) in [5, 5.41) is 14.1. The van der Waals surface area contributed by atoms with Gasteiger partial charge in [-0.2, -0.15) is 0 Å². The summed E-state index contributed by atoms with van der Waals surface area (Å²) < 4.78 is 0. The number of amides is 2. The Hall–Kier alpha value is -1.52. The number of rotatable bonds is 7. The zero-order valence-electron chi connectivity index (χ0n) is 10.7. The van der Waals surface area contributed by atoms with Gasteiger partial charge in [-0.3, -0.25) is 4.79 Å². The molecule has 17 heavy (non-hydrogen) atoms. The van der Waals surface area contributed by atoms with Gasteiger partial charge in [0.15, 0.2) is 0 Å². The molecule has 3 N–H and O–H groups in total. The minimum Gasteiger partial charge on any atom is -0.481 e. The maximum absolute atomic E-state index is 11.3. The van der Waals surface area contributed by atoms with Gasteiger partial charge in [0.25, 0.3) is 0 Å². The van der Waals surface area contributed by atoms with E-state index in [9.17, 15) is 9.59 Å². The maximum Gasteiger partial charge on any atom is 0.314 e. The van der Waals surface area contributed by atoms with E-state index in [1.165, 1.54) is 0 Å². The topological polar surface area (TPSA) is 78.4 Å². The zero-order chi connectivity index (χ0) is 13.3. The smallest absolute Gasteiger partial charge is 0.314 e. The molecule has 1 atom stereocenters. The molecular weight excluding hydrogens is 220 g/mol. The summed E-state index contributed by atoms with van der Waals surface area (Å²) in [6, 6.07) is -0.318. The van der Waals surface area contributed by atoms with Crippen LogP contribution in [0.25, 0.3) is 0 Å². The van der Waals surface area contributed by atoms with Gasteiger partial charge in [-0.05, 0) is 19.3 Å². The van der Waals surface area contributed by atoms with Gasteiger partial charge in [0, 0.05) is 13.1 Å². The van der Waals surface area contributed by atoms with Crippen molar-refractivity contribution in [3.05, 3.63) is 12.2 Å². The fourth-order valence-corrected chi connectivity index (χ4v) is 1.31. The zero-order valence-corrected chi connectivity index (χ0v) is 10.7. The lowest BCUT2D eigenvalue weighted by atomic mass is 9.96. The van der Waals surface area contributed by atoms with Crippen LogP contribution in [0.2, 0.25) is 0 Å². The molecule has 5 nitrogen and oxygen atoms in total. The number of nitrogens with one attached hydrogen (secondary N) is 2. The third-order valence-electron chi connectivity index (χ3n) is 2.44. The van der Waals surface area contributed by atoms with Crippen molar-refractivity contribution in [1.29, 1.82) is 0 Å². The summed E-state index contributed by atoms with van der Waals surface area (Å²) in [4.78, 5) is 22.2. The van der Waals surface area contributed by atoms with E-state index in [0.717, 1.165) is 6.42 Å². The van der Waals surface area contributed by atoms with Crippen LogP contribution in [0.1, 0.15) is 27.2 Å². The summed E-state index contributed by atoms with van der Waals surface area (Å²) >= 11 is 0. The molecule has 0 radical (unpaired) electrons. The molecule has 0 aliphatic rings. The average molecular weight is 242 g/mol. The van der Waals surface area contributed by atoms with Gasteiger partial charge in [-0.25, -0.2) is 4.79 Å². The number of hydrogen-bond acceptors (Lipinski definition) is 2. The van der Waals surface area contributed by atoms with Gasteiger partial charge >= 0.3 is 12.0 Å². The Morgan fingerprint density at radius 1 is 1.29 bits per heavy atom. The Balaban J connectivity index is 3.85. The van der Waals surface area contributed by atoms with Crippen LogP contribution < -0.4 is 10.6 Å². The highest BCUT2D eigenvalue weighted by Crippen LogP contribution is 2.09. The molecule has 0 aliphatic heterocycles. The van der Waals surface area contributed by atoms with E-state index in [1.54, 1.807) is 0 Å². The largest absolute Gasteiger partial charge is 0.481 e. The summed E-state index contributed by atoms with van der Waals surface area (Å²) in [5.74, 6) is -1.43. The molecule has 0 bridgehead atoms. The number of carboxylic acids is 1. The maximum atomic E-state index is 11.3. The van der Waals surface area contributed by atoms with Crippen LogP contribution in [0.15, 0.2) is 12.2 Å². The fourth-order valence-electron chi connectivity index (χ4n) is 1.31. The number of hydrogen-bond donors (Lipinski definition) is 3. The van der Waals surface area contributed by atoms with Crippen LogP contribution in [0.4, 0.5) is 4.79 Å². The van der Waals surface area contributed by atoms with Crippen molar-refractivity contribution in [3.63, 3.8) is 0 Å². The van der Waals surface area contributed by atoms with Gasteiger partial charge in [0.05, 0.1) is 5.92 Å². The van der Waals surface area contributed by atoms with E-state index in [2.05, 4.69) is 10.6 Å². The molecule has 0 spiro atoms. The number of carbonyl (C=O) groups is 2. The van der Waals surface area contributed by atoms with E-state index in [-0.39, 0.29) is 18.5 Å². The van der Waals surface area contributed by atoms with Crippen molar-refractivity contribution in [2.75, 3.05) is 13.1 Å². The number of allylic oxidation sites excluding steroid dienone is 1. The SMILES string of the molecule is C/C=C/CCNC(=O)NCC(C(=O)O)C(C)C. The van der Waals surface area contributed by atoms with E-state index in [0.29, 0.717) is 6.54 Å². The molecule has 1 unspecified atom stereocenters. The van der Waals surface area contributed by atoms with Gasteiger partial charge < -0.3 is 15.7 Å². The van der Waals surface area contributed by atoms with Crippen LogP contribution >= 0.6 is 0 Å². The van der Waals surface area contributed by atoms with Gasteiger partial charge in [0.2, 0.25) is 0 Å². The Labute approximate surface area is 102 Å². The second kappa shape index (κ2) is 8.61. The van der Waals surface area contributed by atoms with Crippen molar-refractivity contribution in [2.24, 2.45) is 11.8 Å². The molecule has 0 saturated carbocycles. The Morgan fingerprint density at radius 2 is 1.94 bits per heavy atom. The van der Waals surface area contributed by atoms with Gasteiger partial charge in [-0.1, -0.05) is 26.0 Å². The number of urea groups is 1. The summed E-state index contributed by atoms with van der Waals surface area (Å²) in [5.41, 5.74) is 0. The minimum absolute atomic E-state index is 0.00387. The summed E-state index contributed by atoms with van der Waals surface area (Å²) in [6.45, 7) is 6.27. The fraction of sp³-hybridized carbons (Fsp3) is 0.667. The Bertz CT molecular complexity index is 275. The quantitative estimate of drug-likeness (QED) is 0.469. The molecule has 5 heteroatoms. The first-order valence-corrected chi connectivity index (χ1v) is 5.84. The molecule has 0 aromatic rings. The first kappa shape index (κ1) is 15.5. The molecule has 2 amide bonds. The molecule has 0 saturated heterocycles. The predicted molar refractivity (Wildman–Crippen MR) is 66.8 cm³/mol. The lowest BCUT2D eigenvalue weighted by molar-refractivity contribution is -0.142. The second-order valence-electron chi connectivity index (χ2n) is 4.18. The first-order chi connectivity index (χ1) is 7.99. The third kappa shape index (κ3) is 7.38. The highest BCUT2D eigenvalue weighted by Gasteiger charge is 2.21. The van der Waals surface area contributed by atoms with Gasteiger partial charge in [0.1, 0.15) is 0 Å². The van der Waals surface area contributed by atoms with Crippen LogP contribution in [0, 0.1) is 11.8 Å². The van der Waals surface area contributed by atoms with Crippen molar-refractivity contribution in [1.82, 2.24) is 10.6 Å². The Morgan fingerprint density at radius 3 is 2.41 bits per heavy atom. The summed E-state index contributed by atoms with van der Waals surface area (Å²) in [7, 11) is 0. The number of carboxylic acid groups (broad SMARTS) is 1. The van der Waals surface area contributed by atoms with Crippen molar-refractivity contribution < 1.29 is 14.7 Å².